The van der Waals surface area contributed by atoms with Gasteiger partial charge in [-0.3, -0.25) is 4.84 Å². The van der Waals surface area contributed by atoms with E-state index < -0.39 is 17.7 Å². The lowest BCUT2D eigenvalue weighted by Gasteiger charge is -2.27. The Morgan fingerprint density at radius 3 is 2.74 bits per heavy atom. The summed E-state index contributed by atoms with van der Waals surface area (Å²) in [7, 11) is 0. The molecule has 1 aromatic rings. The average molecular weight is 267 g/mol. The van der Waals surface area contributed by atoms with E-state index in [2.05, 4.69) is 0 Å². The molecule has 1 aliphatic rings. The molecule has 4 nitrogen and oxygen atoms in total. The van der Waals surface area contributed by atoms with Crippen LogP contribution in [-0.2, 0) is 9.57 Å². The van der Waals surface area contributed by atoms with Crippen molar-refractivity contribution in [2.24, 2.45) is 0 Å². The first kappa shape index (κ1) is 13.8. The summed E-state index contributed by atoms with van der Waals surface area (Å²) < 4.78 is 19.0. The molecular formula is C14H18FNO3. The first-order valence-electron chi connectivity index (χ1n) is 6.28. The maximum Gasteiger partial charge on any atom is 0.435 e. The third kappa shape index (κ3) is 3.23. The lowest BCUT2D eigenvalue weighted by Crippen LogP contribution is -2.35. The third-order valence-corrected chi connectivity index (χ3v) is 2.74. The van der Waals surface area contributed by atoms with Gasteiger partial charge < -0.3 is 4.74 Å². The Hall–Kier alpha value is -1.62. The van der Waals surface area contributed by atoms with Crippen LogP contribution in [0.3, 0.4) is 0 Å². The van der Waals surface area contributed by atoms with Crippen molar-refractivity contribution < 1.29 is 18.8 Å². The number of carbonyl (C=O) groups is 1. The third-order valence-electron chi connectivity index (χ3n) is 2.74. The lowest BCUT2D eigenvalue weighted by molar-refractivity contribution is -0.125. The molecule has 2 rings (SSSR count). The molecule has 0 saturated carbocycles. The maximum absolute atomic E-state index is 13.8. The van der Waals surface area contributed by atoms with Crippen LogP contribution in [0.15, 0.2) is 24.3 Å². The van der Waals surface area contributed by atoms with Crippen LogP contribution in [-0.4, -0.2) is 23.4 Å². The van der Waals surface area contributed by atoms with Crippen molar-refractivity contribution >= 4 is 6.09 Å². The van der Waals surface area contributed by atoms with Crippen molar-refractivity contribution in [2.75, 3.05) is 6.61 Å². The number of ether oxygens (including phenoxy) is 1. The van der Waals surface area contributed by atoms with Gasteiger partial charge in [0.2, 0.25) is 0 Å². The van der Waals surface area contributed by atoms with Gasteiger partial charge in [0.15, 0.2) is 0 Å². The molecule has 0 aliphatic carbocycles. The van der Waals surface area contributed by atoms with E-state index in [1.54, 1.807) is 39.0 Å². The standard InChI is InChI=1S/C14H18FNO3/c1-14(2,3)19-13(17)16-12(8-9-18-16)10-6-4-5-7-11(10)15/h4-7,12H,8-9H2,1-3H3. The normalized spacial score (nSPS) is 19.6. The van der Waals surface area contributed by atoms with Crippen LogP contribution >= 0.6 is 0 Å². The van der Waals surface area contributed by atoms with Crippen LogP contribution in [0.5, 0.6) is 0 Å². The molecule has 1 saturated heterocycles. The van der Waals surface area contributed by atoms with Gasteiger partial charge in [-0.2, -0.15) is 5.06 Å². The van der Waals surface area contributed by atoms with Crippen molar-refractivity contribution in [3.05, 3.63) is 35.6 Å². The molecule has 0 N–H and O–H groups in total. The van der Waals surface area contributed by atoms with Gasteiger partial charge in [-0.25, -0.2) is 9.18 Å². The summed E-state index contributed by atoms with van der Waals surface area (Å²) in [6, 6.07) is 5.96. The van der Waals surface area contributed by atoms with Crippen LogP contribution in [0.4, 0.5) is 9.18 Å². The van der Waals surface area contributed by atoms with Crippen LogP contribution in [0.25, 0.3) is 0 Å². The van der Waals surface area contributed by atoms with Crippen molar-refractivity contribution in [3.63, 3.8) is 0 Å². The van der Waals surface area contributed by atoms with Gasteiger partial charge in [0.1, 0.15) is 11.4 Å². The number of halogens is 1. The van der Waals surface area contributed by atoms with Gasteiger partial charge in [-0.05, 0) is 26.8 Å². The SMILES string of the molecule is CC(C)(C)OC(=O)N1OCCC1c1ccccc1F. The van der Waals surface area contributed by atoms with Crippen LogP contribution < -0.4 is 0 Å². The Bertz CT molecular complexity index is 470. The zero-order valence-corrected chi connectivity index (χ0v) is 11.4. The number of nitrogens with zero attached hydrogens (tertiary/aromatic N) is 1. The van der Waals surface area contributed by atoms with Crippen LogP contribution in [0.2, 0.25) is 0 Å². The molecule has 1 amide bonds. The summed E-state index contributed by atoms with van der Waals surface area (Å²) in [5.41, 5.74) is -0.158. The number of hydrogen-bond donors (Lipinski definition) is 0. The second-order valence-electron chi connectivity index (χ2n) is 5.47. The smallest absolute Gasteiger partial charge is 0.435 e. The predicted molar refractivity (Wildman–Crippen MR) is 67.8 cm³/mol. The van der Waals surface area contributed by atoms with Gasteiger partial charge in [-0.15, -0.1) is 0 Å². The van der Waals surface area contributed by atoms with E-state index in [-0.39, 0.29) is 5.82 Å². The summed E-state index contributed by atoms with van der Waals surface area (Å²) in [6.45, 7) is 5.70. The largest absolute Gasteiger partial charge is 0.442 e. The molecular weight excluding hydrogens is 249 g/mol. The minimum Gasteiger partial charge on any atom is -0.442 e. The zero-order valence-electron chi connectivity index (χ0n) is 11.4. The fourth-order valence-corrected chi connectivity index (χ4v) is 1.98. The summed E-state index contributed by atoms with van der Waals surface area (Å²) in [4.78, 5) is 17.3. The van der Waals surface area contributed by atoms with Crippen molar-refractivity contribution in [3.8, 4) is 0 Å². The number of amides is 1. The average Bonchev–Trinajstić information content (AvgIpc) is 2.76. The minimum absolute atomic E-state index is 0.341. The first-order valence-corrected chi connectivity index (χ1v) is 6.28. The number of benzene rings is 1. The zero-order chi connectivity index (χ0) is 14.0. The molecule has 1 atom stereocenters. The molecule has 1 fully saturated rings. The number of hydrogen-bond acceptors (Lipinski definition) is 3. The maximum atomic E-state index is 13.8. The quantitative estimate of drug-likeness (QED) is 0.782. The van der Waals surface area contributed by atoms with E-state index in [1.807, 2.05) is 0 Å². The Labute approximate surface area is 112 Å². The highest BCUT2D eigenvalue weighted by Crippen LogP contribution is 2.32. The molecule has 0 spiro atoms. The van der Waals surface area contributed by atoms with Gasteiger partial charge in [-0.1, -0.05) is 18.2 Å². The molecule has 5 heteroatoms. The summed E-state index contributed by atoms with van der Waals surface area (Å²) in [6.07, 6.45) is -0.0292. The van der Waals surface area contributed by atoms with Crippen molar-refractivity contribution in [2.45, 2.75) is 38.8 Å². The van der Waals surface area contributed by atoms with Gasteiger partial charge in [0.05, 0.1) is 12.6 Å². The molecule has 1 heterocycles. The summed E-state index contributed by atoms with van der Waals surface area (Å²) in [5, 5.41) is 1.13. The monoisotopic (exact) mass is 267 g/mol. The molecule has 1 unspecified atom stereocenters. The van der Waals surface area contributed by atoms with E-state index in [0.717, 1.165) is 5.06 Å². The molecule has 104 valence electrons. The van der Waals surface area contributed by atoms with Gasteiger partial charge in [0.25, 0.3) is 0 Å². The van der Waals surface area contributed by atoms with E-state index >= 15 is 0 Å². The fourth-order valence-electron chi connectivity index (χ4n) is 1.98. The van der Waals surface area contributed by atoms with Crippen molar-refractivity contribution in [1.29, 1.82) is 0 Å². The van der Waals surface area contributed by atoms with Gasteiger partial charge in [0, 0.05) is 12.0 Å². The highest BCUT2D eigenvalue weighted by molar-refractivity contribution is 5.67. The number of rotatable bonds is 1. The van der Waals surface area contributed by atoms with E-state index in [1.165, 1.54) is 6.07 Å². The second kappa shape index (κ2) is 5.17. The Morgan fingerprint density at radius 1 is 1.42 bits per heavy atom. The highest BCUT2D eigenvalue weighted by Gasteiger charge is 2.36. The molecule has 1 aromatic carbocycles. The molecule has 1 aliphatic heterocycles. The molecule has 0 radical (unpaired) electrons. The topological polar surface area (TPSA) is 38.8 Å². The van der Waals surface area contributed by atoms with E-state index in [0.29, 0.717) is 18.6 Å². The fraction of sp³-hybridized carbons (Fsp3) is 0.500. The summed E-state index contributed by atoms with van der Waals surface area (Å²) >= 11 is 0. The Morgan fingerprint density at radius 2 is 2.11 bits per heavy atom. The van der Waals surface area contributed by atoms with Crippen molar-refractivity contribution in [1.82, 2.24) is 5.06 Å². The number of carbonyl (C=O) groups excluding carboxylic acids is 1. The van der Waals surface area contributed by atoms with Crippen LogP contribution in [0.1, 0.15) is 38.8 Å². The number of hydroxylamine groups is 2. The summed E-state index contributed by atoms with van der Waals surface area (Å²) in [5.74, 6) is -0.341. The highest BCUT2D eigenvalue weighted by atomic mass is 19.1. The predicted octanol–water partition coefficient (Wildman–Crippen LogP) is 3.44. The molecule has 0 bridgehead atoms. The Balaban J connectivity index is 2.18. The second-order valence-corrected chi connectivity index (χ2v) is 5.47. The lowest BCUT2D eigenvalue weighted by atomic mass is 10.0. The van der Waals surface area contributed by atoms with Crippen LogP contribution in [0, 0.1) is 5.82 Å². The molecule has 0 aromatic heterocycles. The first-order chi connectivity index (χ1) is 8.88. The van der Waals surface area contributed by atoms with E-state index in [4.69, 9.17) is 9.57 Å². The molecule has 19 heavy (non-hydrogen) atoms. The van der Waals surface area contributed by atoms with E-state index in [9.17, 15) is 9.18 Å². The van der Waals surface area contributed by atoms with Gasteiger partial charge >= 0.3 is 6.09 Å². The Kier molecular flexibility index (Phi) is 3.75. The minimum atomic E-state index is -0.608.